The Balaban J connectivity index is 0.00000243. The highest BCUT2D eigenvalue weighted by molar-refractivity contribution is 8.16. The van der Waals surface area contributed by atoms with E-state index in [0.29, 0.717) is 17.0 Å². The smallest absolute Gasteiger partial charge is 0.258 e. The van der Waals surface area contributed by atoms with Crippen LogP contribution in [0.4, 0.5) is 0 Å². The molecule has 146 valence electrons. The molecule has 3 N–H and O–H groups in total. The second-order valence-electron chi connectivity index (χ2n) is 6.74. The maximum absolute atomic E-state index is 12.2. The first-order chi connectivity index (χ1) is 12.3. The number of hydrogen-bond donors (Lipinski definition) is 2. The number of ether oxygens (including phenoxy) is 1. The number of benzene rings is 1. The van der Waals surface area contributed by atoms with Crippen molar-refractivity contribution in [3.63, 3.8) is 0 Å². The van der Waals surface area contributed by atoms with Gasteiger partial charge >= 0.3 is 0 Å². The van der Waals surface area contributed by atoms with Gasteiger partial charge in [0.2, 0.25) is 0 Å². The highest BCUT2D eigenvalue weighted by Gasteiger charge is 2.25. The Morgan fingerprint density at radius 2 is 1.81 bits per heavy atom. The van der Waals surface area contributed by atoms with Crippen molar-refractivity contribution >= 4 is 41.8 Å². The first-order valence-corrected chi connectivity index (χ1v) is 11.3. The van der Waals surface area contributed by atoms with Crippen LogP contribution in [0.25, 0.3) is 0 Å². The molecule has 2 aliphatic rings. The van der Waals surface area contributed by atoms with Gasteiger partial charge in [0, 0.05) is 6.04 Å². The molecule has 0 spiro atoms. The summed E-state index contributed by atoms with van der Waals surface area (Å²) < 4.78 is 6.20. The van der Waals surface area contributed by atoms with Crippen LogP contribution in [0, 0.1) is 5.92 Å². The van der Waals surface area contributed by atoms with Gasteiger partial charge in [-0.25, -0.2) is 0 Å². The fourth-order valence-corrected chi connectivity index (χ4v) is 6.37. The fraction of sp³-hybridized carbons (Fsp3) is 0.632. The minimum absolute atomic E-state index is 0. The number of carbonyl (C=O) groups excluding carboxylic acids is 1. The number of halogens is 1. The molecule has 1 saturated carbocycles. The van der Waals surface area contributed by atoms with Crippen molar-refractivity contribution < 1.29 is 9.53 Å². The topological polar surface area (TPSA) is 64.3 Å². The van der Waals surface area contributed by atoms with Gasteiger partial charge in [-0.1, -0.05) is 25.0 Å². The average molecular weight is 417 g/mol. The maximum atomic E-state index is 12.2. The van der Waals surface area contributed by atoms with Crippen LogP contribution < -0.4 is 15.8 Å². The van der Waals surface area contributed by atoms with Gasteiger partial charge < -0.3 is 15.8 Å². The molecular weight excluding hydrogens is 388 g/mol. The summed E-state index contributed by atoms with van der Waals surface area (Å²) in [5.41, 5.74) is 7.16. The van der Waals surface area contributed by atoms with Gasteiger partial charge in [0.25, 0.3) is 5.91 Å². The third-order valence-corrected chi connectivity index (χ3v) is 7.92. The third-order valence-electron chi connectivity index (χ3n) is 4.91. The lowest BCUT2D eigenvalue weighted by Crippen LogP contribution is -2.46. The summed E-state index contributed by atoms with van der Waals surface area (Å²) in [5.74, 6) is 3.58. The monoisotopic (exact) mass is 416 g/mol. The summed E-state index contributed by atoms with van der Waals surface area (Å²) >= 11 is 4.02. The van der Waals surface area contributed by atoms with Crippen molar-refractivity contribution in [2.45, 2.75) is 42.7 Å². The summed E-state index contributed by atoms with van der Waals surface area (Å²) in [6, 6.07) is 8.39. The third kappa shape index (κ3) is 6.25. The molecule has 2 fully saturated rings. The molecule has 3 rings (SSSR count). The first kappa shape index (κ1) is 21.7. The Kier molecular flexibility index (Phi) is 9.46. The molecule has 1 aliphatic heterocycles. The molecule has 4 nitrogen and oxygen atoms in total. The van der Waals surface area contributed by atoms with Gasteiger partial charge in [-0.3, -0.25) is 4.79 Å². The molecule has 2 atom stereocenters. The molecule has 0 aromatic heterocycles. The highest BCUT2D eigenvalue weighted by Crippen LogP contribution is 2.43. The van der Waals surface area contributed by atoms with E-state index in [1.165, 1.54) is 36.3 Å². The Morgan fingerprint density at radius 1 is 1.12 bits per heavy atom. The Labute approximate surface area is 171 Å². The van der Waals surface area contributed by atoms with E-state index in [2.05, 4.69) is 17.4 Å². The first-order valence-electron chi connectivity index (χ1n) is 9.21. The summed E-state index contributed by atoms with van der Waals surface area (Å²) in [5, 5.41) is 3.10. The minimum atomic E-state index is -0.0483. The highest BCUT2D eigenvalue weighted by atomic mass is 35.5. The van der Waals surface area contributed by atoms with Gasteiger partial charge in [-0.05, 0) is 60.9 Å². The van der Waals surface area contributed by atoms with E-state index in [-0.39, 0.29) is 31.0 Å². The van der Waals surface area contributed by atoms with Gasteiger partial charge in [0.15, 0.2) is 6.61 Å². The molecule has 1 amide bonds. The summed E-state index contributed by atoms with van der Waals surface area (Å²) in [7, 11) is 0. The zero-order valence-electron chi connectivity index (χ0n) is 15.0. The summed E-state index contributed by atoms with van der Waals surface area (Å²) in [6.07, 6.45) is 5.82. The zero-order chi connectivity index (χ0) is 17.5. The van der Waals surface area contributed by atoms with Crippen molar-refractivity contribution in [2.24, 2.45) is 11.7 Å². The molecule has 1 aromatic rings. The van der Waals surface area contributed by atoms with E-state index < -0.39 is 0 Å². The average Bonchev–Trinajstić information content (AvgIpc) is 2.68. The standard InChI is InChI=1S/C19H28N2O2S2.ClH/c20-12-15-4-1-2-5-17(15)21-18(22)13-23-16-8-6-14(7-9-16)19-24-10-3-11-25-19;/h6-9,15,17,19H,1-5,10-13,20H2,(H,21,22);1H. The van der Waals surface area contributed by atoms with Crippen LogP contribution in [0.1, 0.15) is 42.2 Å². The molecular formula is C19H29ClN2O2S2. The van der Waals surface area contributed by atoms with Crippen molar-refractivity contribution in [2.75, 3.05) is 24.7 Å². The van der Waals surface area contributed by atoms with E-state index >= 15 is 0 Å². The van der Waals surface area contributed by atoms with Crippen LogP contribution in [-0.4, -0.2) is 36.6 Å². The molecule has 1 aliphatic carbocycles. The molecule has 1 aromatic carbocycles. The van der Waals surface area contributed by atoms with E-state index in [1.54, 1.807) is 0 Å². The van der Waals surface area contributed by atoms with Gasteiger partial charge in [-0.15, -0.1) is 35.9 Å². The SMILES string of the molecule is Cl.NCC1CCCCC1NC(=O)COc1ccc(C2SCCCS2)cc1. The number of amides is 1. The molecule has 2 unspecified atom stereocenters. The normalized spacial score (nSPS) is 23.7. The zero-order valence-corrected chi connectivity index (χ0v) is 17.5. The van der Waals surface area contributed by atoms with E-state index in [9.17, 15) is 4.79 Å². The molecule has 1 heterocycles. The van der Waals surface area contributed by atoms with Crippen LogP contribution in [-0.2, 0) is 4.79 Å². The van der Waals surface area contributed by atoms with Crippen LogP contribution in [0.2, 0.25) is 0 Å². The predicted octanol–water partition coefficient (Wildman–Crippen LogP) is 3.99. The van der Waals surface area contributed by atoms with Crippen LogP contribution in [0.15, 0.2) is 24.3 Å². The van der Waals surface area contributed by atoms with Gasteiger partial charge in [0.05, 0.1) is 4.58 Å². The quantitative estimate of drug-likeness (QED) is 0.734. The summed E-state index contributed by atoms with van der Waals surface area (Å²) in [6.45, 7) is 0.713. The number of nitrogens with two attached hydrogens (primary N) is 1. The second-order valence-corrected chi connectivity index (χ2v) is 9.46. The number of rotatable bonds is 6. The summed E-state index contributed by atoms with van der Waals surface area (Å²) in [4.78, 5) is 12.2. The predicted molar refractivity (Wildman–Crippen MR) is 114 cm³/mol. The molecule has 7 heteroatoms. The van der Waals surface area contributed by atoms with Crippen LogP contribution in [0.5, 0.6) is 5.75 Å². The lowest BCUT2D eigenvalue weighted by Gasteiger charge is -2.31. The molecule has 26 heavy (non-hydrogen) atoms. The molecule has 1 saturated heterocycles. The Morgan fingerprint density at radius 3 is 2.50 bits per heavy atom. The van der Waals surface area contributed by atoms with Crippen molar-refractivity contribution in [1.29, 1.82) is 0 Å². The second kappa shape index (κ2) is 11.3. The van der Waals surface area contributed by atoms with Gasteiger partial charge in [0.1, 0.15) is 5.75 Å². The lowest BCUT2D eigenvalue weighted by molar-refractivity contribution is -0.124. The van der Waals surface area contributed by atoms with E-state index in [0.717, 1.165) is 18.6 Å². The van der Waals surface area contributed by atoms with Crippen LogP contribution >= 0.6 is 35.9 Å². The van der Waals surface area contributed by atoms with Crippen molar-refractivity contribution in [3.8, 4) is 5.75 Å². The van der Waals surface area contributed by atoms with Crippen molar-refractivity contribution in [1.82, 2.24) is 5.32 Å². The van der Waals surface area contributed by atoms with Gasteiger partial charge in [-0.2, -0.15) is 0 Å². The largest absolute Gasteiger partial charge is 0.484 e. The molecule has 0 bridgehead atoms. The van der Waals surface area contributed by atoms with Crippen LogP contribution in [0.3, 0.4) is 0 Å². The number of nitrogens with one attached hydrogen (secondary N) is 1. The van der Waals surface area contributed by atoms with E-state index in [4.69, 9.17) is 10.5 Å². The maximum Gasteiger partial charge on any atom is 0.258 e. The molecule has 0 radical (unpaired) electrons. The number of thioether (sulfide) groups is 2. The Bertz CT molecular complexity index is 553. The van der Waals surface area contributed by atoms with E-state index in [1.807, 2.05) is 35.7 Å². The number of carbonyl (C=O) groups is 1. The fourth-order valence-electron chi connectivity index (χ4n) is 3.48. The minimum Gasteiger partial charge on any atom is -0.484 e. The lowest BCUT2D eigenvalue weighted by atomic mass is 9.84. The number of hydrogen-bond acceptors (Lipinski definition) is 5. The van der Waals surface area contributed by atoms with Crippen molar-refractivity contribution in [3.05, 3.63) is 29.8 Å². The Hall–Kier alpha value is -0.560.